The van der Waals surface area contributed by atoms with Crippen LogP contribution in [0.15, 0.2) is 12.7 Å². The van der Waals surface area contributed by atoms with Gasteiger partial charge in [-0.2, -0.15) is 0 Å². The number of amides is 4. The van der Waals surface area contributed by atoms with E-state index in [1.807, 2.05) is 13.8 Å². The number of nitrogens with one attached hydrogen (secondary N) is 3. The van der Waals surface area contributed by atoms with Crippen molar-refractivity contribution in [1.29, 1.82) is 0 Å². The van der Waals surface area contributed by atoms with Crippen LogP contribution in [0.3, 0.4) is 0 Å². The summed E-state index contributed by atoms with van der Waals surface area (Å²) in [7, 11) is 0. The Kier molecular flexibility index (Phi) is 12.0. The normalized spacial score (nSPS) is 22.7. The van der Waals surface area contributed by atoms with Gasteiger partial charge >= 0.3 is 6.09 Å². The number of hydrogen-bond acceptors (Lipinski definition) is 6. The molecular formula is C32H52N4O6. The van der Waals surface area contributed by atoms with Crippen LogP contribution in [0, 0.1) is 23.7 Å². The molecule has 2 aliphatic carbocycles. The van der Waals surface area contributed by atoms with Crippen LogP contribution in [-0.4, -0.2) is 71.3 Å². The summed E-state index contributed by atoms with van der Waals surface area (Å²) in [5, 5.41) is 8.26. The number of ether oxygens (including phenoxy) is 1. The summed E-state index contributed by atoms with van der Waals surface area (Å²) in [4.78, 5) is 68.3. The predicted octanol–water partition coefficient (Wildman–Crippen LogP) is 3.88. The minimum absolute atomic E-state index is 0.0537. The number of rotatable bonds is 13. The highest BCUT2D eigenvalue weighted by molar-refractivity contribution is 6.38. The van der Waals surface area contributed by atoms with Crippen molar-refractivity contribution in [1.82, 2.24) is 20.9 Å². The summed E-state index contributed by atoms with van der Waals surface area (Å²) in [6, 6.07) is -2.59. The fraction of sp³-hybridized carbons (Fsp3) is 0.781. The van der Waals surface area contributed by atoms with Crippen molar-refractivity contribution in [3.8, 4) is 0 Å². The Morgan fingerprint density at radius 3 is 2.21 bits per heavy atom. The lowest BCUT2D eigenvalue weighted by Gasteiger charge is -2.36. The summed E-state index contributed by atoms with van der Waals surface area (Å²) in [6.07, 6.45) is 9.42. The molecule has 4 amide bonds. The van der Waals surface area contributed by atoms with Crippen molar-refractivity contribution < 1.29 is 28.7 Å². The Balaban J connectivity index is 1.84. The topological polar surface area (TPSA) is 134 Å². The number of alkyl carbamates (subject to hydrolysis) is 1. The molecule has 0 aromatic carbocycles. The van der Waals surface area contributed by atoms with Gasteiger partial charge in [-0.15, -0.1) is 6.58 Å². The second-order valence-electron chi connectivity index (χ2n) is 13.6. The summed E-state index contributed by atoms with van der Waals surface area (Å²) < 4.78 is 5.50. The number of likely N-dealkylation sites (tertiary alicyclic amines) is 1. The highest BCUT2D eigenvalue weighted by Gasteiger charge is 2.47. The van der Waals surface area contributed by atoms with Gasteiger partial charge in [0.15, 0.2) is 0 Å². The maximum atomic E-state index is 14.2. The Bertz CT molecular complexity index is 995. The molecule has 10 nitrogen and oxygen atoms in total. The van der Waals surface area contributed by atoms with Gasteiger partial charge in [0, 0.05) is 13.1 Å². The van der Waals surface area contributed by atoms with Crippen molar-refractivity contribution in [2.75, 3.05) is 13.1 Å². The molecule has 1 aliphatic heterocycles. The fourth-order valence-corrected chi connectivity index (χ4v) is 6.30. The summed E-state index contributed by atoms with van der Waals surface area (Å²) in [5.41, 5.74) is -0.719. The lowest BCUT2D eigenvalue weighted by atomic mass is 9.83. The molecule has 3 rings (SSSR count). The van der Waals surface area contributed by atoms with Gasteiger partial charge in [0.05, 0.1) is 6.04 Å². The van der Waals surface area contributed by atoms with Gasteiger partial charge < -0.3 is 25.6 Å². The van der Waals surface area contributed by atoms with E-state index in [0.717, 1.165) is 51.4 Å². The molecule has 3 fully saturated rings. The second kappa shape index (κ2) is 15.0. The number of carbonyl (C=O) groups is 5. The van der Waals surface area contributed by atoms with Crippen molar-refractivity contribution in [3.05, 3.63) is 12.7 Å². The molecule has 3 aliphatic rings. The number of ketones is 1. The van der Waals surface area contributed by atoms with Gasteiger partial charge in [0.1, 0.15) is 17.7 Å². The molecule has 0 spiro atoms. The molecule has 0 aromatic rings. The molecule has 1 saturated heterocycles. The molecule has 4 atom stereocenters. The maximum Gasteiger partial charge on any atom is 0.408 e. The van der Waals surface area contributed by atoms with E-state index in [-0.39, 0.29) is 30.2 Å². The molecule has 42 heavy (non-hydrogen) atoms. The molecule has 10 heteroatoms. The van der Waals surface area contributed by atoms with Gasteiger partial charge in [-0.05, 0) is 76.5 Å². The van der Waals surface area contributed by atoms with Crippen LogP contribution in [0.2, 0.25) is 0 Å². The first-order valence-electron chi connectivity index (χ1n) is 15.9. The van der Waals surface area contributed by atoms with Crippen molar-refractivity contribution in [2.45, 2.75) is 123 Å². The van der Waals surface area contributed by atoms with Crippen molar-refractivity contribution >= 4 is 29.6 Å². The highest BCUT2D eigenvalue weighted by atomic mass is 16.6. The predicted molar refractivity (Wildman–Crippen MR) is 160 cm³/mol. The van der Waals surface area contributed by atoms with Crippen LogP contribution in [0.4, 0.5) is 4.79 Å². The average Bonchev–Trinajstić information content (AvgIpc) is 3.65. The van der Waals surface area contributed by atoms with Gasteiger partial charge in [-0.1, -0.05) is 52.0 Å². The average molecular weight is 589 g/mol. The molecule has 0 bridgehead atoms. The van der Waals surface area contributed by atoms with Crippen LogP contribution >= 0.6 is 0 Å². The van der Waals surface area contributed by atoms with Crippen LogP contribution < -0.4 is 16.0 Å². The van der Waals surface area contributed by atoms with Crippen molar-refractivity contribution in [3.63, 3.8) is 0 Å². The minimum atomic E-state index is -0.970. The van der Waals surface area contributed by atoms with E-state index in [9.17, 15) is 24.0 Å². The van der Waals surface area contributed by atoms with Gasteiger partial charge in [0.2, 0.25) is 17.6 Å². The Labute approximate surface area is 251 Å². The highest BCUT2D eigenvalue weighted by Crippen LogP contribution is 2.36. The van der Waals surface area contributed by atoms with E-state index in [1.165, 1.54) is 6.08 Å². The molecule has 236 valence electrons. The molecule has 3 N–H and O–H groups in total. The van der Waals surface area contributed by atoms with Crippen molar-refractivity contribution in [2.24, 2.45) is 23.7 Å². The third-order valence-corrected chi connectivity index (χ3v) is 8.74. The Morgan fingerprint density at radius 1 is 0.976 bits per heavy atom. The third kappa shape index (κ3) is 9.56. The van der Waals surface area contributed by atoms with E-state index in [1.54, 1.807) is 25.7 Å². The standard InChI is InChI=1S/C32H52N4O6/c1-7-18-33-29(39)27(37)24(16-15-21-13-14-21)34-28(38)26-23(20(2)3)17-19-36(26)30(40)25(22-11-9-8-10-12-22)35-31(41)42-32(4,5)6/h7,20-26H,1,8-19H2,2-6H3,(H,33,39)(H,34,38)(H,35,41)/t23?,24?,25-,26-/m0/s1. The van der Waals surface area contributed by atoms with Crippen LogP contribution in [0.25, 0.3) is 0 Å². The summed E-state index contributed by atoms with van der Waals surface area (Å²) in [5.74, 6) is -1.73. The summed E-state index contributed by atoms with van der Waals surface area (Å²) >= 11 is 0. The first-order valence-corrected chi connectivity index (χ1v) is 15.9. The molecule has 2 saturated carbocycles. The third-order valence-electron chi connectivity index (χ3n) is 8.74. The van der Waals surface area contributed by atoms with Crippen LogP contribution in [0.1, 0.15) is 98.8 Å². The SMILES string of the molecule is C=CCNC(=O)C(=O)C(CCC1CC1)NC(=O)[C@@H]1C(C(C)C)CCN1C(=O)[C@@H](NC(=O)OC(C)(C)C)C1CCCCC1. The molecular weight excluding hydrogens is 536 g/mol. The van der Waals surface area contributed by atoms with Crippen LogP contribution in [0.5, 0.6) is 0 Å². The first-order chi connectivity index (χ1) is 19.8. The molecule has 0 radical (unpaired) electrons. The fourth-order valence-electron chi connectivity index (χ4n) is 6.30. The maximum absolute atomic E-state index is 14.2. The summed E-state index contributed by atoms with van der Waals surface area (Å²) in [6.45, 7) is 13.5. The van der Waals surface area contributed by atoms with Crippen LogP contribution in [-0.2, 0) is 23.9 Å². The quantitative estimate of drug-likeness (QED) is 0.221. The van der Waals surface area contributed by atoms with E-state index >= 15 is 0 Å². The van der Waals surface area contributed by atoms with E-state index in [2.05, 4.69) is 22.5 Å². The lowest BCUT2D eigenvalue weighted by Crippen LogP contribution is -2.59. The number of nitrogens with zero attached hydrogens (tertiary/aromatic N) is 1. The van der Waals surface area contributed by atoms with E-state index < -0.39 is 47.4 Å². The van der Waals surface area contributed by atoms with E-state index in [0.29, 0.717) is 25.3 Å². The number of hydrogen-bond donors (Lipinski definition) is 3. The number of carbonyl (C=O) groups excluding carboxylic acids is 5. The van der Waals surface area contributed by atoms with Gasteiger partial charge in [0.25, 0.3) is 5.91 Å². The minimum Gasteiger partial charge on any atom is -0.444 e. The number of Topliss-reactive ketones (excluding diaryl/α,β-unsaturated/α-hetero) is 1. The molecule has 1 heterocycles. The van der Waals surface area contributed by atoms with E-state index in [4.69, 9.17) is 4.74 Å². The molecule has 0 aromatic heterocycles. The second-order valence-corrected chi connectivity index (χ2v) is 13.6. The largest absolute Gasteiger partial charge is 0.444 e. The van der Waals surface area contributed by atoms with Gasteiger partial charge in [-0.3, -0.25) is 19.2 Å². The van der Waals surface area contributed by atoms with Gasteiger partial charge in [-0.25, -0.2) is 4.79 Å². The lowest BCUT2D eigenvalue weighted by molar-refractivity contribution is -0.144. The first kappa shape index (κ1) is 33.6. The Morgan fingerprint density at radius 2 is 1.64 bits per heavy atom. The smallest absolute Gasteiger partial charge is 0.408 e. The molecule has 2 unspecified atom stereocenters. The monoisotopic (exact) mass is 588 g/mol. The Hall–Kier alpha value is -2.91. The zero-order valence-electron chi connectivity index (χ0n) is 26.2. The zero-order valence-corrected chi connectivity index (χ0v) is 26.2. The zero-order chi connectivity index (χ0) is 31.0.